The van der Waals surface area contributed by atoms with Crippen LogP contribution in [-0.2, 0) is 14.3 Å². The number of methoxy groups -OCH3 is 1. The van der Waals surface area contributed by atoms with Crippen LogP contribution in [0, 0.1) is 0 Å². The van der Waals surface area contributed by atoms with E-state index in [2.05, 4.69) is 5.10 Å². The molecule has 8 heteroatoms. The first-order valence-corrected chi connectivity index (χ1v) is 10.4. The molecule has 3 aromatic rings. The summed E-state index contributed by atoms with van der Waals surface area (Å²) < 4.78 is 17.8. The number of carbonyl (C=O) groups excluding carboxylic acids is 2. The first-order chi connectivity index (χ1) is 15.6. The van der Waals surface area contributed by atoms with Crippen LogP contribution in [0.2, 0.25) is 0 Å². The number of morpholine rings is 1. The zero-order valence-electron chi connectivity index (χ0n) is 18.1. The largest absolute Gasteiger partial charge is 0.497 e. The second-order valence-electron chi connectivity index (χ2n) is 7.39. The van der Waals surface area contributed by atoms with Crippen molar-refractivity contribution in [2.24, 2.45) is 0 Å². The summed E-state index contributed by atoms with van der Waals surface area (Å²) in [4.78, 5) is 27.5. The van der Waals surface area contributed by atoms with E-state index in [0.29, 0.717) is 43.3 Å². The van der Waals surface area contributed by atoms with Crippen molar-refractivity contribution in [3.63, 3.8) is 0 Å². The summed E-state index contributed by atoms with van der Waals surface area (Å²) in [5.74, 6) is -0.203. The number of hydrogen-bond donors (Lipinski definition) is 0. The van der Waals surface area contributed by atoms with Crippen molar-refractivity contribution in [2.45, 2.75) is 13.0 Å². The number of amides is 1. The normalized spacial score (nSPS) is 14.6. The third kappa shape index (κ3) is 4.65. The van der Waals surface area contributed by atoms with E-state index < -0.39 is 12.1 Å². The number of nitrogens with zero attached hydrogens (tertiary/aromatic N) is 3. The lowest BCUT2D eigenvalue weighted by atomic mass is 10.1. The quantitative estimate of drug-likeness (QED) is 0.554. The smallest absolute Gasteiger partial charge is 0.342 e. The number of benzene rings is 2. The molecule has 0 aliphatic carbocycles. The van der Waals surface area contributed by atoms with E-state index in [9.17, 15) is 9.59 Å². The molecule has 1 saturated heterocycles. The highest BCUT2D eigenvalue weighted by molar-refractivity contribution is 5.97. The lowest BCUT2D eigenvalue weighted by molar-refractivity contribution is -0.143. The van der Waals surface area contributed by atoms with E-state index >= 15 is 0 Å². The maximum atomic E-state index is 13.1. The molecule has 1 atom stereocenters. The Hall–Kier alpha value is -3.65. The van der Waals surface area contributed by atoms with E-state index in [1.807, 2.05) is 48.5 Å². The average molecular weight is 435 g/mol. The molecule has 4 rings (SSSR count). The summed E-state index contributed by atoms with van der Waals surface area (Å²) in [6, 6.07) is 16.8. The van der Waals surface area contributed by atoms with Crippen LogP contribution in [0.25, 0.3) is 16.9 Å². The number of carbonyl (C=O) groups is 2. The van der Waals surface area contributed by atoms with E-state index in [1.54, 1.807) is 35.9 Å². The molecule has 2 aromatic carbocycles. The fraction of sp³-hybridized carbons (Fsp3) is 0.292. The van der Waals surface area contributed by atoms with Gasteiger partial charge in [0.2, 0.25) is 0 Å². The number of esters is 1. The molecule has 166 valence electrons. The Morgan fingerprint density at radius 3 is 2.53 bits per heavy atom. The van der Waals surface area contributed by atoms with Gasteiger partial charge in [0.1, 0.15) is 17.0 Å². The zero-order valence-corrected chi connectivity index (χ0v) is 18.1. The molecule has 0 spiro atoms. The Balaban J connectivity index is 1.64. The predicted molar refractivity (Wildman–Crippen MR) is 118 cm³/mol. The number of aromatic nitrogens is 2. The maximum absolute atomic E-state index is 13.1. The highest BCUT2D eigenvalue weighted by Crippen LogP contribution is 2.28. The molecule has 1 amide bonds. The van der Waals surface area contributed by atoms with Crippen LogP contribution in [0.15, 0.2) is 60.8 Å². The molecule has 0 N–H and O–H groups in total. The van der Waals surface area contributed by atoms with Crippen LogP contribution in [0.4, 0.5) is 0 Å². The highest BCUT2D eigenvalue weighted by atomic mass is 16.5. The summed E-state index contributed by atoms with van der Waals surface area (Å²) in [7, 11) is 1.58. The van der Waals surface area contributed by atoms with Gasteiger partial charge in [0.15, 0.2) is 6.10 Å². The van der Waals surface area contributed by atoms with Crippen LogP contribution in [0.1, 0.15) is 17.3 Å². The topological polar surface area (TPSA) is 82.9 Å². The van der Waals surface area contributed by atoms with Gasteiger partial charge in [-0.2, -0.15) is 5.10 Å². The molecule has 0 radical (unpaired) electrons. The van der Waals surface area contributed by atoms with Gasteiger partial charge in [-0.15, -0.1) is 0 Å². The van der Waals surface area contributed by atoms with Crippen LogP contribution in [0.3, 0.4) is 0 Å². The lowest BCUT2D eigenvalue weighted by Crippen LogP contribution is -2.46. The first-order valence-electron chi connectivity index (χ1n) is 10.4. The van der Waals surface area contributed by atoms with Crippen molar-refractivity contribution in [2.75, 3.05) is 33.4 Å². The molecule has 1 aliphatic rings. The third-order valence-corrected chi connectivity index (χ3v) is 5.25. The number of hydrogen-bond acceptors (Lipinski definition) is 6. The molecule has 8 nitrogen and oxygen atoms in total. The molecular formula is C24H25N3O5. The standard InChI is InChI=1S/C24H25N3O5/c1-17(23(28)26-11-13-31-14-12-26)32-24(29)21-16-27(19-8-4-3-5-9-19)25-22(21)18-7-6-10-20(15-18)30-2/h3-10,15-17H,11-14H2,1-2H3/t17-/m0/s1. The fourth-order valence-corrected chi connectivity index (χ4v) is 3.54. The number of para-hydroxylation sites is 1. The van der Waals surface area contributed by atoms with Gasteiger partial charge in [-0.3, -0.25) is 4.79 Å². The maximum Gasteiger partial charge on any atom is 0.342 e. The lowest BCUT2D eigenvalue weighted by Gasteiger charge is -2.28. The Bertz CT molecular complexity index is 1090. The molecule has 2 heterocycles. The summed E-state index contributed by atoms with van der Waals surface area (Å²) in [5.41, 5.74) is 2.22. The zero-order chi connectivity index (χ0) is 22.5. The van der Waals surface area contributed by atoms with Crippen molar-refractivity contribution in [1.82, 2.24) is 14.7 Å². The molecule has 0 saturated carbocycles. The van der Waals surface area contributed by atoms with Gasteiger partial charge in [0.05, 0.1) is 26.0 Å². The van der Waals surface area contributed by atoms with Crippen LogP contribution < -0.4 is 4.74 Å². The van der Waals surface area contributed by atoms with Crippen LogP contribution >= 0.6 is 0 Å². The van der Waals surface area contributed by atoms with Crippen LogP contribution in [-0.4, -0.2) is 66.1 Å². The van der Waals surface area contributed by atoms with Crippen molar-refractivity contribution in [3.05, 3.63) is 66.4 Å². The van der Waals surface area contributed by atoms with Crippen molar-refractivity contribution < 1.29 is 23.8 Å². The summed E-state index contributed by atoms with van der Waals surface area (Å²) >= 11 is 0. The average Bonchev–Trinajstić information content (AvgIpc) is 3.30. The molecule has 1 fully saturated rings. The second-order valence-corrected chi connectivity index (χ2v) is 7.39. The molecule has 1 aromatic heterocycles. The second kappa shape index (κ2) is 9.65. The number of rotatable bonds is 6. The van der Waals surface area contributed by atoms with Gasteiger partial charge in [-0.05, 0) is 31.2 Å². The molecule has 0 unspecified atom stereocenters. The minimum Gasteiger partial charge on any atom is -0.497 e. The van der Waals surface area contributed by atoms with E-state index in [-0.39, 0.29) is 11.5 Å². The Morgan fingerprint density at radius 2 is 1.81 bits per heavy atom. The van der Waals surface area contributed by atoms with Gasteiger partial charge < -0.3 is 19.1 Å². The van der Waals surface area contributed by atoms with E-state index in [1.165, 1.54) is 0 Å². The first kappa shape index (κ1) is 21.6. The van der Waals surface area contributed by atoms with Gasteiger partial charge in [0.25, 0.3) is 5.91 Å². The summed E-state index contributed by atoms with van der Waals surface area (Å²) in [6.45, 7) is 3.53. The Kier molecular flexibility index (Phi) is 6.51. The van der Waals surface area contributed by atoms with E-state index in [4.69, 9.17) is 14.2 Å². The highest BCUT2D eigenvalue weighted by Gasteiger charge is 2.28. The molecule has 1 aliphatic heterocycles. The minimum absolute atomic E-state index is 0.236. The monoisotopic (exact) mass is 435 g/mol. The van der Waals surface area contributed by atoms with E-state index in [0.717, 1.165) is 5.69 Å². The molecular weight excluding hydrogens is 410 g/mol. The fourth-order valence-electron chi connectivity index (χ4n) is 3.54. The molecule has 0 bridgehead atoms. The van der Waals surface area contributed by atoms with Crippen molar-refractivity contribution >= 4 is 11.9 Å². The van der Waals surface area contributed by atoms with Gasteiger partial charge >= 0.3 is 5.97 Å². The van der Waals surface area contributed by atoms with Crippen LogP contribution in [0.5, 0.6) is 5.75 Å². The van der Waals surface area contributed by atoms with Gasteiger partial charge in [0, 0.05) is 24.8 Å². The number of ether oxygens (including phenoxy) is 3. The molecule has 32 heavy (non-hydrogen) atoms. The predicted octanol–water partition coefficient (Wildman–Crippen LogP) is 2.95. The Labute approximate surface area is 186 Å². The minimum atomic E-state index is -0.918. The van der Waals surface area contributed by atoms with Crippen molar-refractivity contribution in [3.8, 4) is 22.7 Å². The van der Waals surface area contributed by atoms with Gasteiger partial charge in [-0.25, -0.2) is 9.48 Å². The van der Waals surface area contributed by atoms with Gasteiger partial charge in [-0.1, -0.05) is 30.3 Å². The third-order valence-electron chi connectivity index (χ3n) is 5.25. The van der Waals surface area contributed by atoms with Crippen molar-refractivity contribution in [1.29, 1.82) is 0 Å². The summed E-state index contributed by atoms with van der Waals surface area (Å²) in [6.07, 6.45) is 0.706. The SMILES string of the molecule is COc1cccc(-c2nn(-c3ccccc3)cc2C(=O)O[C@@H](C)C(=O)N2CCOCC2)c1. The summed E-state index contributed by atoms with van der Waals surface area (Å²) in [5, 5.41) is 4.64. The Morgan fingerprint density at radius 1 is 1.06 bits per heavy atom.